The first-order valence-electron chi connectivity index (χ1n) is 20.2. The lowest BCUT2D eigenvalue weighted by molar-refractivity contribution is 0.669. The van der Waals surface area contributed by atoms with Gasteiger partial charge in [0.15, 0.2) is 0 Å². The van der Waals surface area contributed by atoms with Gasteiger partial charge in [-0.3, -0.25) is 0 Å². The van der Waals surface area contributed by atoms with Crippen molar-refractivity contribution in [3.8, 4) is 27.9 Å². The normalized spacial score (nSPS) is 11.7. The molecule has 0 saturated heterocycles. The zero-order valence-electron chi connectivity index (χ0n) is 32.1. The van der Waals surface area contributed by atoms with Crippen molar-refractivity contribution >= 4 is 82.4 Å². The summed E-state index contributed by atoms with van der Waals surface area (Å²) in [5, 5.41) is 9.71. The van der Waals surface area contributed by atoms with Crippen molar-refractivity contribution in [2.45, 2.75) is 0 Å². The zero-order valence-corrected chi connectivity index (χ0v) is 32.1. The number of para-hydroxylation sites is 1. The largest absolute Gasteiger partial charge is 0.456 e. The van der Waals surface area contributed by atoms with Crippen LogP contribution in [0.15, 0.2) is 223 Å². The van der Waals surface area contributed by atoms with Crippen LogP contribution in [0.4, 0.5) is 17.1 Å². The number of fused-ring (bicyclic) bond motifs is 9. The van der Waals surface area contributed by atoms with Gasteiger partial charge in [-0.2, -0.15) is 0 Å². The number of aromatic nitrogens is 1. The Morgan fingerprint density at radius 2 is 0.949 bits per heavy atom. The minimum Gasteiger partial charge on any atom is -0.456 e. The first kappa shape index (κ1) is 33.3. The highest BCUT2D eigenvalue weighted by Gasteiger charge is 2.21. The summed E-state index contributed by atoms with van der Waals surface area (Å²) >= 11 is 0. The van der Waals surface area contributed by atoms with Crippen molar-refractivity contribution in [3.63, 3.8) is 0 Å². The summed E-state index contributed by atoms with van der Waals surface area (Å²) in [6, 6.07) is 78.7. The molecule has 0 amide bonds. The van der Waals surface area contributed by atoms with Gasteiger partial charge in [0.1, 0.15) is 11.2 Å². The van der Waals surface area contributed by atoms with Gasteiger partial charge in [0.25, 0.3) is 0 Å². The van der Waals surface area contributed by atoms with E-state index < -0.39 is 0 Å². The summed E-state index contributed by atoms with van der Waals surface area (Å²) in [6.45, 7) is 0. The van der Waals surface area contributed by atoms with Crippen LogP contribution in [0.5, 0.6) is 0 Å². The van der Waals surface area contributed by atoms with E-state index in [0.29, 0.717) is 0 Å². The summed E-state index contributed by atoms with van der Waals surface area (Å²) in [6.07, 6.45) is 0. The summed E-state index contributed by atoms with van der Waals surface area (Å²) in [7, 11) is 0. The number of benzene rings is 10. The van der Waals surface area contributed by atoms with E-state index in [1.807, 2.05) is 12.1 Å². The van der Waals surface area contributed by atoms with Crippen LogP contribution in [0.1, 0.15) is 0 Å². The second-order valence-electron chi connectivity index (χ2n) is 15.3. The second kappa shape index (κ2) is 13.4. The lowest BCUT2D eigenvalue weighted by Gasteiger charge is -2.26. The van der Waals surface area contributed by atoms with Gasteiger partial charge in [0.2, 0.25) is 0 Å². The van der Waals surface area contributed by atoms with Crippen molar-refractivity contribution in [1.82, 2.24) is 4.57 Å². The maximum atomic E-state index is 6.45. The fraction of sp³-hybridized carbons (Fsp3) is 0. The van der Waals surface area contributed by atoms with E-state index in [0.717, 1.165) is 44.7 Å². The van der Waals surface area contributed by atoms with Crippen LogP contribution in [0, 0.1) is 0 Å². The number of anilines is 3. The van der Waals surface area contributed by atoms with E-state index in [2.05, 4.69) is 216 Å². The van der Waals surface area contributed by atoms with E-state index in [4.69, 9.17) is 4.42 Å². The van der Waals surface area contributed by atoms with Gasteiger partial charge in [0, 0.05) is 50.4 Å². The van der Waals surface area contributed by atoms with Gasteiger partial charge >= 0.3 is 0 Å². The molecule has 2 heterocycles. The topological polar surface area (TPSA) is 21.3 Å². The molecule has 0 aliphatic rings. The molecule has 12 aromatic rings. The average molecular weight is 753 g/mol. The predicted octanol–water partition coefficient (Wildman–Crippen LogP) is 15.8. The molecule has 59 heavy (non-hydrogen) atoms. The molecule has 0 saturated carbocycles. The monoisotopic (exact) mass is 752 g/mol. The highest BCUT2D eigenvalue weighted by Crippen LogP contribution is 2.45. The van der Waals surface area contributed by atoms with Gasteiger partial charge in [0.05, 0.1) is 11.0 Å². The predicted molar refractivity (Wildman–Crippen MR) is 249 cm³/mol. The smallest absolute Gasteiger partial charge is 0.137 e. The fourth-order valence-electron chi connectivity index (χ4n) is 9.30. The molecule has 0 N–H and O–H groups in total. The number of hydrogen-bond donors (Lipinski definition) is 0. The van der Waals surface area contributed by atoms with Gasteiger partial charge in [-0.15, -0.1) is 0 Å². The molecule has 0 bridgehead atoms. The second-order valence-corrected chi connectivity index (χ2v) is 15.3. The van der Waals surface area contributed by atoms with Crippen molar-refractivity contribution in [1.29, 1.82) is 0 Å². The molecule has 0 radical (unpaired) electrons. The summed E-state index contributed by atoms with van der Waals surface area (Å²) in [4.78, 5) is 2.34. The first-order valence-corrected chi connectivity index (χ1v) is 20.2. The van der Waals surface area contributed by atoms with Crippen LogP contribution in [0.2, 0.25) is 0 Å². The Balaban J connectivity index is 1.09. The van der Waals surface area contributed by atoms with Crippen molar-refractivity contribution in [2.24, 2.45) is 0 Å². The number of furan rings is 1. The third-order valence-corrected chi connectivity index (χ3v) is 12.0. The van der Waals surface area contributed by atoms with Gasteiger partial charge in [-0.25, -0.2) is 0 Å². The zero-order chi connectivity index (χ0) is 38.9. The molecular weight excluding hydrogens is 717 g/mol. The van der Waals surface area contributed by atoms with Crippen LogP contribution < -0.4 is 4.90 Å². The third kappa shape index (κ3) is 5.36. The SMILES string of the molecule is c1ccc(-c2ccc(N(c3cccc(-n4c5cccc(-c6cccc7ccccc67)c5c5c6ccccc6ccc54)c3)c3ccc4c(c3)oc3ccccc34)cc2)cc1. The molecule has 0 spiro atoms. The first-order chi connectivity index (χ1) is 29.3. The molecule has 3 nitrogen and oxygen atoms in total. The lowest BCUT2D eigenvalue weighted by Crippen LogP contribution is -2.10. The molecule has 0 aliphatic heterocycles. The Bertz CT molecular complexity index is 3550. The third-order valence-electron chi connectivity index (χ3n) is 12.0. The Labute approximate surface area is 341 Å². The average Bonchev–Trinajstić information content (AvgIpc) is 3.85. The van der Waals surface area contributed by atoms with Gasteiger partial charge < -0.3 is 13.9 Å². The van der Waals surface area contributed by atoms with Crippen LogP contribution in [-0.4, -0.2) is 4.57 Å². The fourth-order valence-corrected chi connectivity index (χ4v) is 9.30. The Morgan fingerprint density at radius 3 is 1.81 bits per heavy atom. The van der Waals surface area contributed by atoms with Crippen LogP contribution >= 0.6 is 0 Å². The molecular formula is C56H36N2O. The molecule has 276 valence electrons. The van der Waals surface area contributed by atoms with Crippen LogP contribution in [-0.2, 0) is 0 Å². The van der Waals surface area contributed by atoms with Crippen molar-refractivity contribution in [3.05, 3.63) is 218 Å². The molecule has 12 rings (SSSR count). The minimum absolute atomic E-state index is 0.862. The molecule has 3 heteroatoms. The van der Waals surface area contributed by atoms with E-state index >= 15 is 0 Å². The van der Waals surface area contributed by atoms with Crippen molar-refractivity contribution in [2.75, 3.05) is 4.90 Å². The molecule has 2 aromatic heterocycles. The molecule has 0 atom stereocenters. The van der Waals surface area contributed by atoms with Gasteiger partial charge in [-0.05, 0) is 104 Å². The molecule has 0 fully saturated rings. The number of rotatable bonds is 6. The molecule has 0 unspecified atom stereocenters. The minimum atomic E-state index is 0.862. The summed E-state index contributed by atoms with van der Waals surface area (Å²) < 4.78 is 8.90. The van der Waals surface area contributed by atoms with E-state index in [-0.39, 0.29) is 0 Å². The lowest BCUT2D eigenvalue weighted by atomic mass is 9.93. The molecule has 10 aromatic carbocycles. The maximum absolute atomic E-state index is 6.45. The molecule has 0 aliphatic carbocycles. The van der Waals surface area contributed by atoms with Crippen LogP contribution in [0.25, 0.3) is 93.2 Å². The van der Waals surface area contributed by atoms with Crippen molar-refractivity contribution < 1.29 is 4.42 Å². The number of hydrogen-bond acceptors (Lipinski definition) is 2. The van der Waals surface area contributed by atoms with Crippen LogP contribution in [0.3, 0.4) is 0 Å². The summed E-state index contributed by atoms with van der Waals surface area (Å²) in [5.74, 6) is 0. The quantitative estimate of drug-likeness (QED) is 0.169. The maximum Gasteiger partial charge on any atom is 0.137 e. The number of nitrogens with zero attached hydrogens (tertiary/aromatic N) is 2. The Morgan fingerprint density at radius 1 is 0.339 bits per heavy atom. The van der Waals surface area contributed by atoms with E-state index in [1.54, 1.807) is 0 Å². The van der Waals surface area contributed by atoms with Gasteiger partial charge in [-0.1, -0.05) is 152 Å². The van der Waals surface area contributed by atoms with E-state index in [9.17, 15) is 0 Å². The Hall–Kier alpha value is -7.88. The standard InChI is InChI=1S/C56H36N2O/c1-2-13-37(14-3-1)38-27-30-41(31-28-38)57(44-32-33-49-48-22-8-9-26-53(48)59-54(49)36-44)42-18-11-19-43(35-42)58-51-25-12-24-50(47-23-10-17-39-15-4-6-20-45(39)47)56(51)55-46-21-7-5-16-40(46)29-34-52(55)58/h1-36H. The highest BCUT2D eigenvalue weighted by molar-refractivity contribution is 6.26. The summed E-state index contributed by atoms with van der Waals surface area (Å²) in [5.41, 5.74) is 13.1. The highest BCUT2D eigenvalue weighted by atomic mass is 16.3. The Kier molecular flexibility index (Phi) is 7.54. The van der Waals surface area contributed by atoms with E-state index in [1.165, 1.54) is 65.6 Å².